The van der Waals surface area contributed by atoms with Gasteiger partial charge in [0.1, 0.15) is 5.69 Å². The van der Waals surface area contributed by atoms with Crippen molar-refractivity contribution in [3.05, 3.63) is 28.3 Å². The highest BCUT2D eigenvalue weighted by atomic mass is 32.2. The molecule has 0 amide bonds. The molecule has 0 aliphatic rings. The van der Waals surface area contributed by atoms with Gasteiger partial charge >= 0.3 is 0 Å². The van der Waals surface area contributed by atoms with Crippen LogP contribution in [0.25, 0.3) is 0 Å². The van der Waals surface area contributed by atoms with Crippen LogP contribution in [0.4, 0.5) is 11.4 Å². The fraction of sp³-hybridized carbons (Fsp3) is 0.500. The van der Waals surface area contributed by atoms with Crippen molar-refractivity contribution in [2.24, 2.45) is 0 Å². The van der Waals surface area contributed by atoms with Gasteiger partial charge in [0, 0.05) is 26.2 Å². The summed E-state index contributed by atoms with van der Waals surface area (Å²) in [6.07, 6.45) is 0. The van der Waals surface area contributed by atoms with Gasteiger partial charge in [0.05, 0.1) is 9.82 Å². The molecule has 0 fully saturated rings. The van der Waals surface area contributed by atoms with Gasteiger partial charge in [0.25, 0.3) is 5.69 Å². The van der Waals surface area contributed by atoms with Gasteiger partial charge in [0.2, 0.25) is 10.0 Å². The van der Waals surface area contributed by atoms with Crippen molar-refractivity contribution in [2.45, 2.75) is 11.8 Å². The molecule has 1 aromatic rings. The second kappa shape index (κ2) is 7.34. The molecule has 0 aromatic heterocycles. The van der Waals surface area contributed by atoms with E-state index >= 15 is 0 Å². The predicted molar refractivity (Wildman–Crippen MR) is 81.0 cm³/mol. The molecule has 0 unspecified atom stereocenters. The molecule has 0 spiro atoms. The van der Waals surface area contributed by atoms with Crippen molar-refractivity contribution < 1.29 is 13.3 Å². The van der Waals surface area contributed by atoms with Crippen molar-refractivity contribution in [1.29, 1.82) is 0 Å². The Hall–Kier alpha value is -1.71. The highest BCUT2D eigenvalue weighted by Gasteiger charge is 2.19. The molecule has 1 rings (SSSR count). The number of hydrogen-bond acceptors (Lipinski definition) is 6. The number of anilines is 1. The molecule has 0 radical (unpaired) electrons. The molecule has 9 heteroatoms. The largest absolute Gasteiger partial charge is 0.383 e. The van der Waals surface area contributed by atoms with Crippen LogP contribution in [0.1, 0.15) is 6.92 Å². The minimum Gasteiger partial charge on any atom is -0.383 e. The number of likely N-dealkylation sites (N-methyl/N-ethyl adjacent to an activating group) is 1. The normalized spacial score (nSPS) is 11.6. The Labute approximate surface area is 124 Å². The van der Waals surface area contributed by atoms with Crippen LogP contribution < -0.4 is 10.0 Å². The molecule has 1 aromatic carbocycles. The Kier molecular flexibility index (Phi) is 6.06. The average Bonchev–Trinajstić information content (AvgIpc) is 2.45. The quantitative estimate of drug-likeness (QED) is 0.544. The summed E-state index contributed by atoms with van der Waals surface area (Å²) in [6.45, 7) is 3.66. The third kappa shape index (κ3) is 4.66. The lowest BCUT2D eigenvalue weighted by atomic mass is 10.3. The lowest BCUT2D eigenvalue weighted by molar-refractivity contribution is -0.384. The van der Waals surface area contributed by atoms with Crippen LogP contribution in [0, 0.1) is 10.1 Å². The Balaban J connectivity index is 2.91. The lowest BCUT2D eigenvalue weighted by Crippen LogP contribution is -2.32. The van der Waals surface area contributed by atoms with Crippen LogP contribution in [-0.4, -0.2) is 52.0 Å². The zero-order valence-corrected chi connectivity index (χ0v) is 13.1. The molecule has 0 saturated heterocycles. The Morgan fingerprint density at radius 2 is 2.05 bits per heavy atom. The van der Waals surface area contributed by atoms with E-state index in [1.165, 1.54) is 25.2 Å². The number of hydrogen-bond donors (Lipinski definition) is 2. The van der Waals surface area contributed by atoms with E-state index in [2.05, 4.69) is 10.0 Å². The molecule has 0 heterocycles. The maximum atomic E-state index is 12.1. The van der Waals surface area contributed by atoms with Crippen LogP contribution in [0.5, 0.6) is 0 Å². The molecule has 0 saturated carbocycles. The predicted octanol–water partition coefficient (Wildman–Crippen LogP) is 0.866. The third-order valence-electron chi connectivity index (χ3n) is 3.07. The van der Waals surface area contributed by atoms with E-state index in [4.69, 9.17) is 0 Å². The number of rotatable bonds is 8. The Morgan fingerprint density at radius 1 is 1.38 bits per heavy atom. The van der Waals surface area contributed by atoms with E-state index in [-0.39, 0.29) is 22.8 Å². The van der Waals surface area contributed by atoms with E-state index in [9.17, 15) is 18.5 Å². The molecule has 8 nitrogen and oxygen atoms in total. The van der Waals surface area contributed by atoms with Gasteiger partial charge in [-0.1, -0.05) is 6.92 Å². The summed E-state index contributed by atoms with van der Waals surface area (Å²) in [5.41, 5.74) is -0.00397. The fourth-order valence-corrected chi connectivity index (χ4v) is 2.70. The van der Waals surface area contributed by atoms with Crippen LogP contribution in [0.2, 0.25) is 0 Å². The number of nitrogens with one attached hydrogen (secondary N) is 2. The van der Waals surface area contributed by atoms with Gasteiger partial charge in [-0.3, -0.25) is 10.1 Å². The summed E-state index contributed by atoms with van der Waals surface area (Å²) in [4.78, 5) is 12.2. The van der Waals surface area contributed by atoms with Crippen molar-refractivity contribution in [3.8, 4) is 0 Å². The summed E-state index contributed by atoms with van der Waals surface area (Å²) in [5, 5.41) is 13.4. The molecule has 0 atom stereocenters. The van der Waals surface area contributed by atoms with E-state index in [1.807, 2.05) is 18.9 Å². The Morgan fingerprint density at radius 3 is 2.57 bits per heavy atom. The van der Waals surface area contributed by atoms with Crippen LogP contribution in [0.3, 0.4) is 0 Å². The summed E-state index contributed by atoms with van der Waals surface area (Å²) in [5.74, 6) is 0. The summed E-state index contributed by atoms with van der Waals surface area (Å²) >= 11 is 0. The van der Waals surface area contributed by atoms with E-state index < -0.39 is 14.9 Å². The highest BCUT2D eigenvalue weighted by molar-refractivity contribution is 7.89. The zero-order valence-electron chi connectivity index (χ0n) is 12.3. The first-order valence-corrected chi connectivity index (χ1v) is 7.94. The highest BCUT2D eigenvalue weighted by Crippen LogP contribution is 2.26. The van der Waals surface area contributed by atoms with Crippen LogP contribution >= 0.6 is 0 Å². The van der Waals surface area contributed by atoms with E-state index in [1.54, 1.807) is 0 Å². The average molecular weight is 316 g/mol. The van der Waals surface area contributed by atoms with Gasteiger partial charge in [-0.2, -0.15) is 0 Å². The standard InChI is InChI=1S/C12H20N4O4S/c1-4-15(3)8-7-14-21(19,20)10-5-6-12(16(17)18)11(9-10)13-2/h5-6,9,13-14H,4,7-8H2,1-3H3. The minimum atomic E-state index is -3.68. The lowest BCUT2D eigenvalue weighted by Gasteiger charge is -2.14. The van der Waals surface area contributed by atoms with E-state index in [0.717, 1.165) is 6.54 Å². The van der Waals surface area contributed by atoms with Gasteiger partial charge < -0.3 is 10.2 Å². The first-order chi connectivity index (χ1) is 9.81. The number of benzene rings is 1. The molecule has 2 N–H and O–H groups in total. The number of nitrogens with zero attached hydrogens (tertiary/aromatic N) is 2. The smallest absolute Gasteiger partial charge is 0.292 e. The van der Waals surface area contributed by atoms with Gasteiger partial charge in [-0.05, 0) is 25.7 Å². The maximum absolute atomic E-state index is 12.1. The molecule has 0 aliphatic heterocycles. The van der Waals surface area contributed by atoms with Crippen molar-refractivity contribution in [2.75, 3.05) is 39.0 Å². The minimum absolute atomic E-state index is 0.00315. The summed E-state index contributed by atoms with van der Waals surface area (Å²) in [6, 6.07) is 3.66. The fourth-order valence-electron chi connectivity index (χ4n) is 1.65. The SMILES string of the molecule is CCN(C)CCNS(=O)(=O)c1ccc([N+](=O)[O-])c(NC)c1. The second-order valence-corrected chi connectivity index (χ2v) is 6.25. The zero-order chi connectivity index (χ0) is 16.0. The van der Waals surface area contributed by atoms with Gasteiger partial charge in [-0.15, -0.1) is 0 Å². The van der Waals surface area contributed by atoms with Crippen LogP contribution in [0.15, 0.2) is 23.1 Å². The Bertz CT molecular complexity index is 603. The van der Waals surface area contributed by atoms with Crippen molar-refractivity contribution in [1.82, 2.24) is 9.62 Å². The number of nitro groups is 1. The second-order valence-electron chi connectivity index (χ2n) is 4.48. The first-order valence-electron chi connectivity index (χ1n) is 6.46. The first kappa shape index (κ1) is 17.3. The molecule has 0 aliphatic carbocycles. The number of sulfonamides is 1. The maximum Gasteiger partial charge on any atom is 0.292 e. The summed E-state index contributed by atoms with van der Waals surface area (Å²) in [7, 11) is -0.288. The molecule has 0 bridgehead atoms. The van der Waals surface area contributed by atoms with Crippen molar-refractivity contribution >= 4 is 21.4 Å². The molecule has 118 valence electrons. The van der Waals surface area contributed by atoms with Crippen LogP contribution in [-0.2, 0) is 10.0 Å². The third-order valence-corrected chi connectivity index (χ3v) is 4.53. The topological polar surface area (TPSA) is 105 Å². The van der Waals surface area contributed by atoms with Crippen molar-refractivity contribution in [3.63, 3.8) is 0 Å². The molecule has 21 heavy (non-hydrogen) atoms. The monoisotopic (exact) mass is 316 g/mol. The van der Waals surface area contributed by atoms with Gasteiger partial charge in [-0.25, -0.2) is 13.1 Å². The van der Waals surface area contributed by atoms with E-state index in [0.29, 0.717) is 6.54 Å². The molecular formula is C12H20N4O4S. The summed E-state index contributed by atoms with van der Waals surface area (Å²) < 4.78 is 26.7. The van der Waals surface area contributed by atoms with Gasteiger partial charge in [0.15, 0.2) is 0 Å². The molecular weight excluding hydrogens is 296 g/mol. The number of nitro benzene ring substituents is 1.